The standard InChI is InChI=1S/C19H14N2O5S/c22-16-7-8-17(23)21(16)14-5-3-12(4-6-14)19(24)26-10-13-11-27-18(20-13)15-2-1-9-25-15/h1-6,9,11H,7-8,10H2. The number of hydrogen-bond acceptors (Lipinski definition) is 7. The average Bonchev–Trinajstić information content (AvgIpc) is 3.41. The third-order valence-corrected chi connectivity index (χ3v) is 4.95. The van der Waals surface area contributed by atoms with Crippen molar-refractivity contribution in [1.82, 2.24) is 4.98 Å². The minimum atomic E-state index is -0.506. The van der Waals surface area contributed by atoms with Crippen LogP contribution in [0.2, 0.25) is 0 Å². The van der Waals surface area contributed by atoms with Gasteiger partial charge in [0.2, 0.25) is 11.8 Å². The second-order valence-electron chi connectivity index (χ2n) is 5.87. The van der Waals surface area contributed by atoms with Crippen LogP contribution in [-0.2, 0) is 20.9 Å². The fourth-order valence-corrected chi connectivity index (χ4v) is 3.49. The summed E-state index contributed by atoms with van der Waals surface area (Å²) in [6, 6.07) is 9.79. The van der Waals surface area contributed by atoms with Gasteiger partial charge in [-0.05, 0) is 36.4 Å². The molecule has 1 saturated heterocycles. The molecule has 7 nitrogen and oxygen atoms in total. The summed E-state index contributed by atoms with van der Waals surface area (Å²) < 4.78 is 10.6. The van der Waals surface area contributed by atoms with Crippen molar-refractivity contribution in [3.63, 3.8) is 0 Å². The summed E-state index contributed by atoms with van der Waals surface area (Å²) in [6.45, 7) is 0.0425. The lowest BCUT2D eigenvalue weighted by atomic mass is 10.2. The van der Waals surface area contributed by atoms with Crippen LogP contribution in [0.5, 0.6) is 0 Å². The maximum absolute atomic E-state index is 12.2. The molecule has 0 radical (unpaired) electrons. The lowest BCUT2D eigenvalue weighted by Crippen LogP contribution is -2.28. The minimum absolute atomic E-state index is 0.0425. The number of carbonyl (C=O) groups excluding carboxylic acids is 3. The van der Waals surface area contributed by atoms with Gasteiger partial charge in [0.25, 0.3) is 0 Å². The zero-order valence-corrected chi connectivity index (χ0v) is 14.9. The maximum Gasteiger partial charge on any atom is 0.338 e. The fraction of sp³-hybridized carbons (Fsp3) is 0.158. The summed E-state index contributed by atoms with van der Waals surface area (Å²) in [5.41, 5.74) is 1.42. The number of amides is 2. The van der Waals surface area contributed by atoms with Crippen LogP contribution in [0.25, 0.3) is 10.8 Å². The van der Waals surface area contributed by atoms with Gasteiger partial charge >= 0.3 is 5.97 Å². The zero-order chi connectivity index (χ0) is 18.8. The smallest absolute Gasteiger partial charge is 0.338 e. The first-order valence-corrected chi connectivity index (χ1v) is 9.11. The van der Waals surface area contributed by atoms with E-state index in [1.807, 2.05) is 6.07 Å². The molecular weight excluding hydrogens is 368 g/mol. The Balaban J connectivity index is 1.39. The van der Waals surface area contributed by atoms with E-state index in [4.69, 9.17) is 9.15 Å². The SMILES string of the molecule is O=C(OCc1csc(-c2ccco2)n1)c1ccc(N2C(=O)CCC2=O)cc1. The molecule has 4 rings (SSSR count). The van der Waals surface area contributed by atoms with E-state index in [0.717, 1.165) is 9.91 Å². The lowest BCUT2D eigenvalue weighted by molar-refractivity contribution is -0.121. The predicted octanol–water partition coefficient (Wildman–Crippen LogP) is 3.41. The molecule has 27 heavy (non-hydrogen) atoms. The number of anilines is 1. The van der Waals surface area contributed by atoms with Crippen LogP contribution in [0.1, 0.15) is 28.9 Å². The first-order chi connectivity index (χ1) is 13.1. The van der Waals surface area contributed by atoms with Crippen LogP contribution in [0.3, 0.4) is 0 Å². The van der Waals surface area contributed by atoms with E-state index >= 15 is 0 Å². The van der Waals surface area contributed by atoms with Crippen molar-refractivity contribution in [2.24, 2.45) is 0 Å². The summed E-state index contributed by atoms with van der Waals surface area (Å²) in [7, 11) is 0. The van der Waals surface area contributed by atoms with Gasteiger partial charge in [-0.3, -0.25) is 14.5 Å². The molecular formula is C19H14N2O5S. The zero-order valence-electron chi connectivity index (χ0n) is 14.1. The molecule has 2 aromatic heterocycles. The third kappa shape index (κ3) is 3.52. The highest BCUT2D eigenvalue weighted by Crippen LogP contribution is 2.25. The van der Waals surface area contributed by atoms with Gasteiger partial charge in [0.05, 0.1) is 23.2 Å². The molecule has 3 aromatic rings. The monoisotopic (exact) mass is 382 g/mol. The molecule has 1 aliphatic heterocycles. The Morgan fingerprint density at radius 3 is 2.56 bits per heavy atom. The van der Waals surface area contributed by atoms with Gasteiger partial charge in [-0.1, -0.05) is 0 Å². The van der Waals surface area contributed by atoms with Crippen LogP contribution < -0.4 is 4.90 Å². The lowest BCUT2D eigenvalue weighted by Gasteiger charge is -2.13. The Hall–Kier alpha value is -3.26. The molecule has 2 amide bonds. The normalized spacial score (nSPS) is 14.0. The number of thiazole rings is 1. The van der Waals surface area contributed by atoms with Crippen molar-refractivity contribution in [3.8, 4) is 10.8 Å². The molecule has 1 fully saturated rings. The molecule has 0 atom stereocenters. The van der Waals surface area contributed by atoms with Gasteiger partial charge in [0, 0.05) is 18.2 Å². The number of aromatic nitrogens is 1. The van der Waals surface area contributed by atoms with Gasteiger partial charge < -0.3 is 9.15 Å². The van der Waals surface area contributed by atoms with E-state index in [1.165, 1.54) is 23.5 Å². The largest absolute Gasteiger partial charge is 0.462 e. The Morgan fingerprint density at radius 2 is 1.89 bits per heavy atom. The van der Waals surface area contributed by atoms with E-state index < -0.39 is 5.97 Å². The van der Waals surface area contributed by atoms with Gasteiger partial charge in [0.1, 0.15) is 6.61 Å². The molecule has 0 bridgehead atoms. The summed E-state index contributed by atoms with van der Waals surface area (Å²) in [4.78, 5) is 41.2. The van der Waals surface area contributed by atoms with Gasteiger partial charge in [-0.15, -0.1) is 11.3 Å². The molecule has 0 unspecified atom stereocenters. The molecule has 3 heterocycles. The number of hydrogen-bond donors (Lipinski definition) is 0. The highest BCUT2D eigenvalue weighted by molar-refractivity contribution is 7.13. The van der Waals surface area contributed by atoms with Gasteiger partial charge in [0.15, 0.2) is 10.8 Å². The van der Waals surface area contributed by atoms with E-state index in [-0.39, 0.29) is 31.3 Å². The second-order valence-corrected chi connectivity index (χ2v) is 6.73. The van der Waals surface area contributed by atoms with Crippen LogP contribution in [0, 0.1) is 0 Å². The average molecular weight is 382 g/mol. The Morgan fingerprint density at radius 1 is 1.15 bits per heavy atom. The number of carbonyl (C=O) groups is 3. The van der Waals surface area contributed by atoms with Crippen molar-refractivity contribution < 1.29 is 23.5 Å². The Bertz CT molecular complexity index is 976. The summed E-state index contributed by atoms with van der Waals surface area (Å²) in [6.07, 6.45) is 2.01. The van der Waals surface area contributed by atoms with E-state index in [9.17, 15) is 14.4 Å². The minimum Gasteiger partial charge on any atom is -0.462 e. The van der Waals surface area contributed by atoms with Crippen molar-refractivity contribution in [1.29, 1.82) is 0 Å². The maximum atomic E-state index is 12.2. The number of benzene rings is 1. The quantitative estimate of drug-likeness (QED) is 0.496. The number of furan rings is 1. The van der Waals surface area contributed by atoms with Crippen LogP contribution in [0.4, 0.5) is 5.69 Å². The highest BCUT2D eigenvalue weighted by Gasteiger charge is 2.30. The number of esters is 1. The van der Waals surface area contributed by atoms with Crippen LogP contribution in [0.15, 0.2) is 52.5 Å². The summed E-state index contributed by atoms with van der Waals surface area (Å²) in [5.74, 6) is -0.301. The van der Waals surface area contributed by atoms with Crippen LogP contribution >= 0.6 is 11.3 Å². The van der Waals surface area contributed by atoms with Crippen LogP contribution in [-0.4, -0.2) is 22.8 Å². The second kappa shape index (κ2) is 7.16. The molecule has 0 aliphatic carbocycles. The molecule has 1 aromatic carbocycles. The molecule has 0 saturated carbocycles. The van der Waals surface area contributed by atoms with Gasteiger partial charge in [-0.2, -0.15) is 0 Å². The predicted molar refractivity (Wildman–Crippen MR) is 97.1 cm³/mol. The molecule has 8 heteroatoms. The fourth-order valence-electron chi connectivity index (χ4n) is 2.72. The summed E-state index contributed by atoms with van der Waals surface area (Å²) in [5, 5.41) is 2.52. The van der Waals surface area contributed by atoms with E-state index in [0.29, 0.717) is 22.7 Å². The topological polar surface area (TPSA) is 89.7 Å². The number of rotatable bonds is 5. The Kier molecular flexibility index (Phi) is 4.55. The Labute approximate surface area is 158 Å². The number of nitrogens with zero attached hydrogens (tertiary/aromatic N) is 2. The van der Waals surface area contributed by atoms with Gasteiger partial charge in [-0.25, -0.2) is 9.78 Å². The highest BCUT2D eigenvalue weighted by atomic mass is 32.1. The van der Waals surface area contributed by atoms with E-state index in [1.54, 1.807) is 29.8 Å². The molecule has 1 aliphatic rings. The number of imide groups is 1. The number of ether oxygens (including phenoxy) is 1. The van der Waals surface area contributed by atoms with Crippen molar-refractivity contribution in [2.75, 3.05) is 4.90 Å². The summed E-state index contributed by atoms with van der Waals surface area (Å²) >= 11 is 1.41. The first-order valence-electron chi connectivity index (χ1n) is 8.23. The van der Waals surface area contributed by atoms with Crippen molar-refractivity contribution in [2.45, 2.75) is 19.4 Å². The van der Waals surface area contributed by atoms with Crippen molar-refractivity contribution in [3.05, 3.63) is 59.3 Å². The third-order valence-electron chi connectivity index (χ3n) is 4.05. The van der Waals surface area contributed by atoms with Crippen molar-refractivity contribution >= 4 is 34.8 Å². The van der Waals surface area contributed by atoms with E-state index in [2.05, 4.69) is 4.98 Å². The molecule has 0 N–H and O–H groups in total. The molecule has 136 valence electrons. The first kappa shape index (κ1) is 17.2. The molecule has 0 spiro atoms.